The summed E-state index contributed by atoms with van der Waals surface area (Å²) < 4.78 is 5.76. The summed E-state index contributed by atoms with van der Waals surface area (Å²) in [6, 6.07) is -1.56. The SMILES string of the molecule is CCCCCCCCCCCCCCC(=O)NC(C(=O)NC1CO[C@H](Nc2ncnc3nc[nH]c23)C(O)C1)[C@@H](C)O. The van der Waals surface area contributed by atoms with Crippen LogP contribution in [0.25, 0.3) is 11.2 Å². The number of nitrogens with zero attached hydrogens (tertiary/aromatic N) is 3. The summed E-state index contributed by atoms with van der Waals surface area (Å²) in [6.45, 7) is 3.85. The summed E-state index contributed by atoms with van der Waals surface area (Å²) in [4.78, 5) is 40.7. The molecule has 12 heteroatoms. The van der Waals surface area contributed by atoms with Crippen LogP contribution in [0.4, 0.5) is 5.82 Å². The minimum Gasteiger partial charge on any atom is -0.391 e. The highest BCUT2D eigenvalue weighted by Gasteiger charge is 2.34. The first-order valence-electron chi connectivity index (χ1n) is 15.4. The standard InChI is InChI=1S/C29H49N7O5/c1-3-4-5-6-7-8-9-10-11-12-13-14-15-23(39)35-24(20(2)37)28(40)34-21-16-22(38)29(41-17-21)36-27-25-26(31-18-30-25)32-19-33-27/h18-22,24,29,37-38H,3-17H2,1-2H3,(H,34,40)(H,35,39)(H2,30,31,32,33,36)/t20-,21?,22?,24?,29+/m1/s1. The summed E-state index contributed by atoms with van der Waals surface area (Å²) in [5.74, 6) is -0.313. The second-order valence-corrected chi connectivity index (χ2v) is 11.2. The number of H-pyrrole nitrogens is 1. The molecule has 2 aromatic heterocycles. The Bertz CT molecular complexity index is 1050. The van der Waals surface area contributed by atoms with Gasteiger partial charge in [0.05, 0.1) is 25.1 Å². The Kier molecular flexibility index (Phi) is 14.2. The molecule has 0 aromatic carbocycles. The van der Waals surface area contributed by atoms with Gasteiger partial charge in [-0.05, 0) is 13.3 Å². The highest BCUT2D eigenvalue weighted by molar-refractivity contribution is 5.88. The van der Waals surface area contributed by atoms with E-state index in [0.717, 1.165) is 19.3 Å². The number of hydrogen-bond donors (Lipinski definition) is 6. The van der Waals surface area contributed by atoms with E-state index in [2.05, 4.69) is 42.8 Å². The first-order valence-corrected chi connectivity index (χ1v) is 15.4. The zero-order chi connectivity index (χ0) is 29.5. The van der Waals surface area contributed by atoms with Gasteiger partial charge < -0.3 is 35.9 Å². The van der Waals surface area contributed by atoms with Crippen molar-refractivity contribution in [2.45, 2.75) is 134 Å². The van der Waals surface area contributed by atoms with Crippen LogP contribution in [0, 0.1) is 0 Å². The number of aromatic amines is 1. The second-order valence-electron chi connectivity index (χ2n) is 11.2. The van der Waals surface area contributed by atoms with Crippen LogP contribution in [-0.2, 0) is 14.3 Å². The molecule has 3 rings (SSSR count). The Morgan fingerprint density at radius 3 is 2.32 bits per heavy atom. The largest absolute Gasteiger partial charge is 0.391 e. The summed E-state index contributed by atoms with van der Waals surface area (Å²) in [5, 5.41) is 29.3. The molecule has 0 radical (unpaired) electrons. The van der Waals surface area contributed by atoms with Crippen molar-refractivity contribution < 1.29 is 24.5 Å². The lowest BCUT2D eigenvalue weighted by Crippen LogP contribution is -2.58. The molecule has 1 aliphatic heterocycles. The molecule has 0 saturated carbocycles. The van der Waals surface area contributed by atoms with Gasteiger partial charge in [-0.3, -0.25) is 9.59 Å². The van der Waals surface area contributed by atoms with Crippen LogP contribution < -0.4 is 16.0 Å². The monoisotopic (exact) mass is 575 g/mol. The number of carbonyl (C=O) groups is 2. The van der Waals surface area contributed by atoms with Crippen molar-refractivity contribution in [1.82, 2.24) is 30.6 Å². The van der Waals surface area contributed by atoms with Crippen molar-refractivity contribution in [3.8, 4) is 0 Å². The molecular weight excluding hydrogens is 526 g/mol. The van der Waals surface area contributed by atoms with Gasteiger partial charge in [0.1, 0.15) is 24.0 Å². The van der Waals surface area contributed by atoms with Gasteiger partial charge in [0.2, 0.25) is 11.8 Å². The molecule has 0 spiro atoms. The van der Waals surface area contributed by atoms with E-state index < -0.39 is 36.4 Å². The predicted molar refractivity (Wildman–Crippen MR) is 157 cm³/mol. The van der Waals surface area contributed by atoms with Crippen molar-refractivity contribution in [2.75, 3.05) is 11.9 Å². The number of aliphatic hydroxyl groups is 2. The van der Waals surface area contributed by atoms with Gasteiger partial charge in [-0.25, -0.2) is 15.0 Å². The van der Waals surface area contributed by atoms with Crippen LogP contribution in [-0.4, -0.2) is 79.1 Å². The number of nitrogens with one attached hydrogen (secondary N) is 4. The number of carbonyl (C=O) groups excluding carboxylic acids is 2. The molecule has 3 heterocycles. The summed E-state index contributed by atoms with van der Waals surface area (Å²) in [5.41, 5.74) is 1.08. The summed E-state index contributed by atoms with van der Waals surface area (Å²) in [7, 11) is 0. The molecule has 6 N–H and O–H groups in total. The lowest BCUT2D eigenvalue weighted by molar-refractivity contribution is -0.134. The summed E-state index contributed by atoms with van der Waals surface area (Å²) in [6.07, 6.45) is 15.2. The third kappa shape index (κ3) is 11.2. The number of aliphatic hydroxyl groups excluding tert-OH is 2. The Morgan fingerprint density at radius 1 is 1.02 bits per heavy atom. The van der Waals surface area contributed by atoms with Crippen LogP contribution in [0.5, 0.6) is 0 Å². The molecule has 230 valence electrons. The molecule has 12 nitrogen and oxygen atoms in total. The fourth-order valence-corrected chi connectivity index (χ4v) is 5.13. The quantitative estimate of drug-likeness (QED) is 0.137. The van der Waals surface area contributed by atoms with Crippen molar-refractivity contribution in [3.05, 3.63) is 12.7 Å². The number of fused-ring (bicyclic) bond motifs is 1. The normalized spacial score (nSPS) is 20.4. The summed E-state index contributed by atoms with van der Waals surface area (Å²) >= 11 is 0. The van der Waals surface area contributed by atoms with Crippen LogP contribution in [0.2, 0.25) is 0 Å². The maximum absolute atomic E-state index is 12.9. The van der Waals surface area contributed by atoms with Gasteiger partial charge in [0.15, 0.2) is 17.7 Å². The van der Waals surface area contributed by atoms with Crippen molar-refractivity contribution in [1.29, 1.82) is 0 Å². The molecule has 1 fully saturated rings. The van der Waals surface area contributed by atoms with Crippen molar-refractivity contribution in [2.24, 2.45) is 0 Å². The fourth-order valence-electron chi connectivity index (χ4n) is 5.13. The predicted octanol–water partition coefficient (Wildman–Crippen LogP) is 3.31. The van der Waals surface area contributed by atoms with Crippen molar-refractivity contribution in [3.63, 3.8) is 0 Å². The van der Waals surface area contributed by atoms with E-state index in [1.54, 1.807) is 0 Å². The molecule has 0 bridgehead atoms. The Hall–Kier alpha value is -2.83. The molecule has 1 aliphatic rings. The number of anilines is 1. The molecule has 2 aromatic rings. The number of imidazole rings is 1. The highest BCUT2D eigenvalue weighted by Crippen LogP contribution is 2.21. The van der Waals surface area contributed by atoms with Gasteiger partial charge in [-0.2, -0.15) is 0 Å². The van der Waals surface area contributed by atoms with Crippen molar-refractivity contribution >= 4 is 28.8 Å². The van der Waals surface area contributed by atoms with Crippen LogP contribution in [0.1, 0.15) is 104 Å². The van der Waals surface area contributed by atoms with E-state index >= 15 is 0 Å². The Morgan fingerprint density at radius 2 is 1.68 bits per heavy atom. The topological polar surface area (TPSA) is 174 Å². The van der Waals surface area contributed by atoms with E-state index in [0.29, 0.717) is 23.4 Å². The number of rotatable bonds is 19. The Balaban J connectivity index is 1.31. The van der Waals surface area contributed by atoms with E-state index in [1.807, 2.05) is 0 Å². The molecular formula is C29H49N7O5. The third-order valence-corrected chi connectivity index (χ3v) is 7.54. The average molecular weight is 576 g/mol. The van der Waals surface area contributed by atoms with E-state index in [4.69, 9.17) is 4.74 Å². The van der Waals surface area contributed by atoms with Gasteiger partial charge in [-0.15, -0.1) is 0 Å². The lowest BCUT2D eigenvalue weighted by atomic mass is 10.0. The maximum Gasteiger partial charge on any atom is 0.245 e. The van der Waals surface area contributed by atoms with Gasteiger partial charge in [-0.1, -0.05) is 77.6 Å². The number of unbranched alkanes of at least 4 members (excludes halogenated alkanes) is 11. The molecule has 1 saturated heterocycles. The van der Waals surface area contributed by atoms with Gasteiger partial charge in [0, 0.05) is 12.8 Å². The second kappa shape index (κ2) is 17.9. The number of ether oxygens (including phenoxy) is 1. The van der Waals surface area contributed by atoms with E-state index in [1.165, 1.54) is 77.4 Å². The van der Waals surface area contributed by atoms with E-state index in [9.17, 15) is 19.8 Å². The molecule has 2 amide bonds. The molecule has 0 aliphatic carbocycles. The first-order chi connectivity index (χ1) is 19.9. The fraction of sp³-hybridized carbons (Fsp3) is 0.759. The average Bonchev–Trinajstić information content (AvgIpc) is 3.43. The molecule has 41 heavy (non-hydrogen) atoms. The van der Waals surface area contributed by atoms with Gasteiger partial charge >= 0.3 is 0 Å². The zero-order valence-corrected chi connectivity index (χ0v) is 24.6. The molecule has 3 unspecified atom stereocenters. The third-order valence-electron chi connectivity index (χ3n) is 7.54. The van der Waals surface area contributed by atoms with Gasteiger partial charge in [0.25, 0.3) is 0 Å². The minimum atomic E-state index is -1.08. The number of aromatic nitrogens is 4. The van der Waals surface area contributed by atoms with Crippen LogP contribution >= 0.6 is 0 Å². The highest BCUT2D eigenvalue weighted by atomic mass is 16.5. The number of hydrogen-bond acceptors (Lipinski definition) is 9. The van der Waals surface area contributed by atoms with Crippen LogP contribution in [0.3, 0.4) is 0 Å². The zero-order valence-electron chi connectivity index (χ0n) is 24.6. The first kappa shape index (κ1) is 32.7. The minimum absolute atomic E-state index is 0.136. The van der Waals surface area contributed by atoms with Crippen LogP contribution in [0.15, 0.2) is 12.7 Å². The van der Waals surface area contributed by atoms with E-state index in [-0.39, 0.29) is 18.9 Å². The Labute approximate surface area is 242 Å². The lowest BCUT2D eigenvalue weighted by Gasteiger charge is -2.35. The smallest absolute Gasteiger partial charge is 0.245 e. The number of amides is 2. The molecule has 5 atom stereocenters. The maximum atomic E-state index is 12.9.